The number of aromatic hydroxyl groups is 1. The lowest BCUT2D eigenvalue weighted by Crippen LogP contribution is -2.08. The third-order valence-electron chi connectivity index (χ3n) is 3.35. The third kappa shape index (κ3) is 5.27. The van der Waals surface area contributed by atoms with E-state index in [1.165, 1.54) is 0 Å². The molecule has 0 saturated heterocycles. The fourth-order valence-electron chi connectivity index (χ4n) is 1.78. The van der Waals surface area contributed by atoms with Crippen molar-refractivity contribution in [3.8, 4) is 5.75 Å². The van der Waals surface area contributed by atoms with E-state index < -0.39 is 0 Å². The molecule has 0 aromatic heterocycles. The Balaban J connectivity index is 2.71. The lowest BCUT2D eigenvalue weighted by molar-refractivity contribution is -0.104. The fourth-order valence-corrected chi connectivity index (χ4v) is 1.78. The lowest BCUT2D eigenvalue weighted by Gasteiger charge is -2.20. The van der Waals surface area contributed by atoms with Crippen LogP contribution in [0.3, 0.4) is 0 Å². The van der Waals surface area contributed by atoms with Gasteiger partial charge in [-0.1, -0.05) is 43.4 Å². The normalized spacial score (nSPS) is 15.0. The second kappa shape index (κ2) is 7.49. The predicted octanol–water partition coefficient (Wildman–Crippen LogP) is 4.52. The second-order valence-corrected chi connectivity index (χ2v) is 5.24. The van der Waals surface area contributed by atoms with Gasteiger partial charge < -0.3 is 5.11 Å². The van der Waals surface area contributed by atoms with E-state index in [2.05, 4.69) is 19.6 Å². The average Bonchev–Trinajstić information content (AvgIpc) is 2.46. The minimum Gasteiger partial charge on any atom is -0.508 e. The summed E-state index contributed by atoms with van der Waals surface area (Å²) in [7, 11) is 0. The molecular weight excluding hydrogens is 248 g/mol. The zero-order valence-electron chi connectivity index (χ0n) is 12.2. The average molecular weight is 270 g/mol. The quantitative estimate of drug-likeness (QED) is 0.449. The van der Waals surface area contributed by atoms with Crippen molar-refractivity contribution in [1.82, 2.24) is 0 Å². The Bertz CT molecular complexity index is 509. The van der Waals surface area contributed by atoms with Crippen LogP contribution in [0.15, 0.2) is 54.6 Å². The molecule has 20 heavy (non-hydrogen) atoms. The summed E-state index contributed by atoms with van der Waals surface area (Å²) < 4.78 is 0. The number of carbonyl (C=O) groups excluding carboxylic acids is 1. The summed E-state index contributed by atoms with van der Waals surface area (Å²) in [5, 5.41) is 9.25. The number of phenolic OH excluding ortho intramolecular Hbond substituents is 1. The summed E-state index contributed by atoms with van der Waals surface area (Å²) in [6, 6.07) is 7.07. The highest BCUT2D eigenvalue weighted by atomic mass is 16.3. The van der Waals surface area contributed by atoms with Gasteiger partial charge in [-0.15, -0.1) is 6.58 Å². The van der Waals surface area contributed by atoms with Crippen molar-refractivity contribution in [2.75, 3.05) is 0 Å². The number of hydrogen-bond acceptors (Lipinski definition) is 2. The van der Waals surface area contributed by atoms with Crippen LogP contribution in [0.4, 0.5) is 0 Å². The number of rotatable bonds is 7. The molecule has 1 rings (SSSR count). The van der Waals surface area contributed by atoms with Gasteiger partial charge in [-0.2, -0.15) is 0 Å². The molecule has 0 aliphatic rings. The lowest BCUT2D eigenvalue weighted by atomic mass is 9.84. The first-order valence-electron chi connectivity index (χ1n) is 6.73. The standard InChI is InChI=1S/C18H22O2/c1-4-18(3,12-5-6-15(2)14-19)13-11-16-7-9-17(20)10-8-16/h4,6-11,13-14,20H,1,5,12H2,2-3H3/b13-11+,15-6+/t18-/m1/s1. The zero-order valence-corrected chi connectivity index (χ0v) is 12.2. The first-order valence-corrected chi connectivity index (χ1v) is 6.73. The van der Waals surface area contributed by atoms with Crippen LogP contribution in [0.2, 0.25) is 0 Å². The molecule has 0 aliphatic carbocycles. The van der Waals surface area contributed by atoms with E-state index in [1.54, 1.807) is 12.1 Å². The molecule has 106 valence electrons. The molecule has 0 unspecified atom stereocenters. The van der Waals surface area contributed by atoms with E-state index in [4.69, 9.17) is 0 Å². The molecule has 0 fully saturated rings. The Labute approximate surface area is 121 Å². The molecule has 0 saturated carbocycles. The summed E-state index contributed by atoms with van der Waals surface area (Å²) in [4.78, 5) is 10.5. The van der Waals surface area contributed by atoms with Gasteiger partial charge in [-0.3, -0.25) is 4.79 Å². The Morgan fingerprint density at radius 3 is 2.55 bits per heavy atom. The highest BCUT2D eigenvalue weighted by Gasteiger charge is 2.15. The molecule has 0 radical (unpaired) electrons. The van der Waals surface area contributed by atoms with Crippen LogP contribution in [0, 0.1) is 5.41 Å². The first kappa shape index (κ1) is 16.0. The molecule has 1 N–H and O–H groups in total. The fraction of sp³-hybridized carbons (Fsp3) is 0.278. The van der Waals surface area contributed by atoms with Crippen molar-refractivity contribution < 1.29 is 9.90 Å². The van der Waals surface area contributed by atoms with Gasteiger partial charge in [0.2, 0.25) is 0 Å². The minimum absolute atomic E-state index is 0.114. The van der Waals surface area contributed by atoms with Crippen LogP contribution in [0.25, 0.3) is 6.08 Å². The number of carbonyl (C=O) groups is 1. The Morgan fingerprint density at radius 2 is 2.00 bits per heavy atom. The van der Waals surface area contributed by atoms with Crippen molar-refractivity contribution in [1.29, 1.82) is 0 Å². The van der Waals surface area contributed by atoms with E-state index in [0.29, 0.717) is 0 Å². The highest BCUT2D eigenvalue weighted by molar-refractivity contribution is 5.71. The molecule has 1 atom stereocenters. The van der Waals surface area contributed by atoms with Gasteiger partial charge in [0, 0.05) is 5.41 Å². The predicted molar refractivity (Wildman–Crippen MR) is 84.5 cm³/mol. The molecule has 2 heteroatoms. The monoisotopic (exact) mass is 270 g/mol. The van der Waals surface area contributed by atoms with Gasteiger partial charge in [0.1, 0.15) is 12.0 Å². The van der Waals surface area contributed by atoms with Gasteiger partial charge in [-0.25, -0.2) is 0 Å². The minimum atomic E-state index is -0.114. The number of hydrogen-bond donors (Lipinski definition) is 1. The van der Waals surface area contributed by atoms with E-state index in [9.17, 15) is 9.90 Å². The van der Waals surface area contributed by atoms with Crippen molar-refractivity contribution >= 4 is 12.4 Å². The van der Waals surface area contributed by atoms with Crippen LogP contribution in [-0.4, -0.2) is 11.4 Å². The van der Waals surface area contributed by atoms with Gasteiger partial charge in [0.25, 0.3) is 0 Å². The van der Waals surface area contributed by atoms with Crippen LogP contribution in [0.5, 0.6) is 5.75 Å². The summed E-state index contributed by atoms with van der Waals surface area (Å²) in [5.41, 5.74) is 1.69. The summed E-state index contributed by atoms with van der Waals surface area (Å²) in [6.45, 7) is 7.82. The molecule has 0 amide bonds. The Kier molecular flexibility index (Phi) is 5.98. The first-order chi connectivity index (χ1) is 9.49. The van der Waals surface area contributed by atoms with Crippen molar-refractivity contribution in [3.63, 3.8) is 0 Å². The molecule has 0 aliphatic heterocycles. The summed E-state index contributed by atoms with van der Waals surface area (Å²) >= 11 is 0. The summed E-state index contributed by atoms with van der Waals surface area (Å²) in [6.07, 6.45) is 10.6. The maximum atomic E-state index is 10.5. The summed E-state index contributed by atoms with van der Waals surface area (Å²) in [5.74, 6) is 0.267. The van der Waals surface area contributed by atoms with Crippen molar-refractivity contribution in [3.05, 3.63) is 60.2 Å². The molecule has 0 spiro atoms. The third-order valence-corrected chi connectivity index (χ3v) is 3.35. The van der Waals surface area contributed by atoms with Crippen LogP contribution in [-0.2, 0) is 4.79 Å². The van der Waals surface area contributed by atoms with Gasteiger partial charge >= 0.3 is 0 Å². The number of allylic oxidation sites excluding steroid dienone is 4. The Morgan fingerprint density at radius 1 is 1.35 bits per heavy atom. The molecule has 0 bridgehead atoms. The maximum Gasteiger partial charge on any atom is 0.145 e. The number of phenols is 1. The molecule has 2 nitrogen and oxygen atoms in total. The van der Waals surface area contributed by atoms with Crippen LogP contribution >= 0.6 is 0 Å². The smallest absolute Gasteiger partial charge is 0.145 e. The number of benzene rings is 1. The molecule has 0 heterocycles. The number of aldehydes is 1. The Hall–Kier alpha value is -2.09. The van der Waals surface area contributed by atoms with Crippen molar-refractivity contribution in [2.45, 2.75) is 26.7 Å². The van der Waals surface area contributed by atoms with Crippen LogP contribution < -0.4 is 0 Å². The highest BCUT2D eigenvalue weighted by Crippen LogP contribution is 2.28. The van der Waals surface area contributed by atoms with Gasteiger partial charge in [0.05, 0.1) is 0 Å². The SMILES string of the molecule is C=C[C@@](C)(/C=C/c1ccc(O)cc1)CC/C=C(\C)C=O. The van der Waals surface area contributed by atoms with E-state index in [1.807, 2.05) is 37.3 Å². The van der Waals surface area contributed by atoms with Gasteiger partial charge in [-0.05, 0) is 43.0 Å². The topological polar surface area (TPSA) is 37.3 Å². The van der Waals surface area contributed by atoms with E-state index in [-0.39, 0.29) is 11.2 Å². The van der Waals surface area contributed by atoms with E-state index in [0.717, 1.165) is 30.3 Å². The van der Waals surface area contributed by atoms with Crippen molar-refractivity contribution in [2.24, 2.45) is 5.41 Å². The molecule has 1 aromatic rings. The van der Waals surface area contributed by atoms with Crippen LogP contribution in [0.1, 0.15) is 32.3 Å². The largest absolute Gasteiger partial charge is 0.508 e. The second-order valence-electron chi connectivity index (χ2n) is 5.24. The van der Waals surface area contributed by atoms with E-state index >= 15 is 0 Å². The molecular formula is C18H22O2. The maximum absolute atomic E-state index is 10.5. The van der Waals surface area contributed by atoms with Gasteiger partial charge in [0.15, 0.2) is 0 Å². The molecule has 1 aromatic carbocycles. The zero-order chi connectivity index (χ0) is 15.0.